The number of benzene rings is 1. The first kappa shape index (κ1) is 17.2. The SMILES string of the molecule is C#CCOc1c(Cl)cc(C=C2SC(=S)N(CC)C2=O)cc1Cl. The number of likely N-dealkylation sites (N-methyl/N-ethyl adjacent to an activating group) is 1. The molecule has 22 heavy (non-hydrogen) atoms. The zero-order valence-corrected chi connectivity index (χ0v) is 14.7. The van der Waals surface area contributed by atoms with Crippen molar-refractivity contribution in [2.45, 2.75) is 6.92 Å². The van der Waals surface area contributed by atoms with Gasteiger partial charge in [0.1, 0.15) is 10.9 Å². The van der Waals surface area contributed by atoms with Gasteiger partial charge in [0, 0.05) is 6.54 Å². The van der Waals surface area contributed by atoms with E-state index in [0.717, 1.165) is 0 Å². The van der Waals surface area contributed by atoms with Crippen LogP contribution < -0.4 is 4.74 Å². The van der Waals surface area contributed by atoms with Crippen molar-refractivity contribution in [2.75, 3.05) is 13.2 Å². The van der Waals surface area contributed by atoms with Crippen LogP contribution in [0.15, 0.2) is 17.0 Å². The van der Waals surface area contributed by atoms with Gasteiger partial charge in [0.05, 0.1) is 15.0 Å². The van der Waals surface area contributed by atoms with Gasteiger partial charge >= 0.3 is 0 Å². The molecule has 0 N–H and O–H groups in total. The van der Waals surface area contributed by atoms with Crippen LogP contribution >= 0.6 is 47.2 Å². The molecule has 114 valence electrons. The topological polar surface area (TPSA) is 29.5 Å². The Bertz CT molecular complexity index is 687. The Morgan fingerprint density at radius 3 is 2.59 bits per heavy atom. The average molecular weight is 372 g/mol. The van der Waals surface area contributed by atoms with Crippen molar-refractivity contribution >= 4 is 63.5 Å². The van der Waals surface area contributed by atoms with E-state index < -0.39 is 0 Å². The molecule has 0 atom stereocenters. The van der Waals surface area contributed by atoms with E-state index in [0.29, 0.717) is 37.1 Å². The van der Waals surface area contributed by atoms with Crippen molar-refractivity contribution in [1.29, 1.82) is 0 Å². The number of thioether (sulfide) groups is 1. The minimum Gasteiger partial charge on any atom is -0.478 e. The Hall–Kier alpha value is -1.19. The minimum absolute atomic E-state index is 0.0773. The third-order valence-corrected chi connectivity index (χ3v) is 4.75. The summed E-state index contributed by atoms with van der Waals surface area (Å²) in [5.41, 5.74) is 0.694. The van der Waals surface area contributed by atoms with E-state index in [9.17, 15) is 4.79 Å². The van der Waals surface area contributed by atoms with E-state index in [1.54, 1.807) is 23.1 Å². The Morgan fingerprint density at radius 1 is 1.45 bits per heavy atom. The zero-order valence-electron chi connectivity index (χ0n) is 11.6. The highest BCUT2D eigenvalue weighted by Crippen LogP contribution is 2.37. The molecule has 0 radical (unpaired) electrons. The molecule has 0 spiro atoms. The highest BCUT2D eigenvalue weighted by Gasteiger charge is 2.30. The lowest BCUT2D eigenvalue weighted by atomic mass is 10.2. The Morgan fingerprint density at radius 2 is 2.09 bits per heavy atom. The second-order valence-corrected chi connectivity index (χ2v) is 6.72. The number of ether oxygens (including phenoxy) is 1. The number of terminal acetylenes is 1. The van der Waals surface area contributed by atoms with Crippen molar-refractivity contribution in [3.8, 4) is 18.1 Å². The second-order valence-electron chi connectivity index (χ2n) is 4.23. The molecular formula is C15H11Cl2NO2S2. The number of hydrogen-bond donors (Lipinski definition) is 0. The number of carbonyl (C=O) groups is 1. The molecule has 1 fully saturated rings. The van der Waals surface area contributed by atoms with E-state index in [1.165, 1.54) is 11.8 Å². The van der Waals surface area contributed by atoms with Crippen LogP contribution in [0.1, 0.15) is 12.5 Å². The molecule has 7 heteroatoms. The first-order valence-electron chi connectivity index (χ1n) is 6.28. The smallest absolute Gasteiger partial charge is 0.266 e. The zero-order chi connectivity index (χ0) is 16.3. The second kappa shape index (κ2) is 7.38. The molecule has 1 aliphatic rings. The Balaban J connectivity index is 2.32. The molecule has 1 amide bonds. The van der Waals surface area contributed by atoms with Gasteiger partial charge < -0.3 is 4.74 Å². The van der Waals surface area contributed by atoms with Gasteiger partial charge in [0.2, 0.25) is 0 Å². The predicted octanol–water partition coefficient (Wildman–Crippen LogP) is 4.23. The van der Waals surface area contributed by atoms with Crippen LogP contribution in [0.3, 0.4) is 0 Å². The van der Waals surface area contributed by atoms with Gasteiger partial charge in [-0.15, -0.1) is 6.42 Å². The molecule has 0 saturated carbocycles. The molecule has 0 unspecified atom stereocenters. The molecule has 0 aliphatic carbocycles. The standard InChI is InChI=1S/C15H11Cl2NO2S2/c1-3-5-20-13-10(16)6-9(7-11(13)17)8-12-14(19)18(4-2)15(21)22-12/h1,6-8H,4-5H2,2H3. The first-order chi connectivity index (χ1) is 10.5. The third kappa shape index (κ3) is 3.58. The molecule has 2 rings (SSSR count). The lowest BCUT2D eigenvalue weighted by Crippen LogP contribution is -2.27. The number of amides is 1. The van der Waals surface area contributed by atoms with E-state index in [-0.39, 0.29) is 12.5 Å². The van der Waals surface area contributed by atoms with Gasteiger partial charge in [-0.05, 0) is 30.7 Å². The molecule has 3 nitrogen and oxygen atoms in total. The van der Waals surface area contributed by atoms with Crippen LogP contribution in [-0.2, 0) is 4.79 Å². The minimum atomic E-state index is -0.114. The summed E-state index contributed by atoms with van der Waals surface area (Å²) >= 11 is 18.7. The average Bonchev–Trinajstić information content (AvgIpc) is 2.72. The lowest BCUT2D eigenvalue weighted by molar-refractivity contribution is -0.121. The number of nitrogens with zero attached hydrogens (tertiary/aromatic N) is 1. The van der Waals surface area contributed by atoms with E-state index in [4.69, 9.17) is 46.6 Å². The summed E-state index contributed by atoms with van der Waals surface area (Å²) in [6.07, 6.45) is 6.85. The molecule has 0 aromatic heterocycles. The Labute approximate surface area is 148 Å². The molecule has 1 aromatic carbocycles. The quantitative estimate of drug-likeness (QED) is 0.450. The maximum Gasteiger partial charge on any atom is 0.266 e. The Kier molecular flexibility index (Phi) is 5.76. The number of hydrogen-bond acceptors (Lipinski definition) is 4. The highest BCUT2D eigenvalue weighted by molar-refractivity contribution is 8.26. The molecule has 1 saturated heterocycles. The van der Waals surface area contributed by atoms with Crippen molar-refractivity contribution in [3.63, 3.8) is 0 Å². The maximum atomic E-state index is 12.2. The van der Waals surface area contributed by atoms with Crippen molar-refractivity contribution in [1.82, 2.24) is 4.90 Å². The van der Waals surface area contributed by atoms with Crippen molar-refractivity contribution in [2.24, 2.45) is 0 Å². The number of rotatable bonds is 4. The summed E-state index contributed by atoms with van der Waals surface area (Å²) in [6.45, 7) is 2.50. The summed E-state index contributed by atoms with van der Waals surface area (Å²) in [4.78, 5) is 14.2. The molecule has 1 aliphatic heterocycles. The number of carbonyl (C=O) groups excluding carboxylic acids is 1. The molecule has 0 bridgehead atoms. The number of halogens is 2. The van der Waals surface area contributed by atoms with Crippen LogP contribution in [0.2, 0.25) is 10.0 Å². The van der Waals surface area contributed by atoms with Gasteiger partial charge in [0.15, 0.2) is 5.75 Å². The fourth-order valence-electron chi connectivity index (χ4n) is 1.84. The van der Waals surface area contributed by atoms with E-state index >= 15 is 0 Å². The summed E-state index contributed by atoms with van der Waals surface area (Å²) in [5.74, 6) is 2.57. The fraction of sp³-hybridized carbons (Fsp3) is 0.200. The fourth-order valence-corrected chi connectivity index (χ4v) is 3.84. The van der Waals surface area contributed by atoms with Gasteiger partial charge in [-0.3, -0.25) is 9.69 Å². The van der Waals surface area contributed by atoms with Crippen LogP contribution in [0.25, 0.3) is 6.08 Å². The first-order valence-corrected chi connectivity index (χ1v) is 8.26. The maximum absolute atomic E-state index is 12.2. The summed E-state index contributed by atoms with van der Waals surface area (Å²) in [7, 11) is 0. The predicted molar refractivity (Wildman–Crippen MR) is 96.3 cm³/mol. The summed E-state index contributed by atoms with van der Waals surface area (Å²) < 4.78 is 5.84. The van der Waals surface area contributed by atoms with Crippen LogP contribution in [0.5, 0.6) is 5.75 Å². The normalized spacial score (nSPS) is 16.3. The highest BCUT2D eigenvalue weighted by atomic mass is 35.5. The third-order valence-electron chi connectivity index (χ3n) is 2.81. The van der Waals surface area contributed by atoms with Crippen LogP contribution in [0, 0.1) is 12.3 Å². The molecular weight excluding hydrogens is 361 g/mol. The van der Waals surface area contributed by atoms with E-state index in [1.807, 2.05) is 6.92 Å². The molecule has 1 heterocycles. The van der Waals surface area contributed by atoms with Gasteiger partial charge in [-0.1, -0.05) is 53.1 Å². The summed E-state index contributed by atoms with van der Waals surface area (Å²) in [5, 5.41) is 0.667. The van der Waals surface area contributed by atoms with Gasteiger partial charge in [0.25, 0.3) is 5.91 Å². The van der Waals surface area contributed by atoms with Crippen molar-refractivity contribution in [3.05, 3.63) is 32.6 Å². The lowest BCUT2D eigenvalue weighted by Gasteiger charge is -2.10. The van der Waals surface area contributed by atoms with Crippen LogP contribution in [0.4, 0.5) is 0 Å². The number of thiocarbonyl (C=S) groups is 1. The van der Waals surface area contributed by atoms with Gasteiger partial charge in [-0.25, -0.2) is 0 Å². The van der Waals surface area contributed by atoms with Crippen LogP contribution in [-0.4, -0.2) is 28.3 Å². The van der Waals surface area contributed by atoms with E-state index in [2.05, 4.69) is 5.92 Å². The van der Waals surface area contributed by atoms with Crippen molar-refractivity contribution < 1.29 is 9.53 Å². The summed E-state index contributed by atoms with van der Waals surface area (Å²) in [6, 6.07) is 3.33. The van der Waals surface area contributed by atoms with Gasteiger partial charge in [-0.2, -0.15) is 0 Å². The molecule has 1 aromatic rings. The largest absolute Gasteiger partial charge is 0.478 e. The monoisotopic (exact) mass is 371 g/mol.